The van der Waals surface area contributed by atoms with Gasteiger partial charge in [-0.3, -0.25) is 4.79 Å². The van der Waals surface area contributed by atoms with Gasteiger partial charge in [-0.1, -0.05) is 66.7 Å². The Kier molecular flexibility index (Phi) is 6.22. The molecule has 3 nitrogen and oxygen atoms in total. The van der Waals surface area contributed by atoms with Crippen molar-refractivity contribution in [2.24, 2.45) is 0 Å². The summed E-state index contributed by atoms with van der Waals surface area (Å²) >= 11 is 1.68. The number of amides is 1. The molecule has 0 spiro atoms. The number of hydrogen-bond acceptors (Lipinski definition) is 3. The topological polar surface area (TPSA) is 33.5 Å². The van der Waals surface area contributed by atoms with Gasteiger partial charge >= 0.3 is 0 Å². The van der Waals surface area contributed by atoms with E-state index in [1.54, 1.807) is 23.9 Å². The van der Waals surface area contributed by atoms with Crippen molar-refractivity contribution in [3.05, 3.63) is 118 Å². The zero-order valence-corrected chi connectivity index (χ0v) is 16.9. The Balaban J connectivity index is 1.59. The highest BCUT2D eigenvalue weighted by atomic mass is 32.1. The fourth-order valence-electron chi connectivity index (χ4n) is 3.53. The number of carbonyl (C=O) groups is 1. The average Bonchev–Trinajstić information content (AvgIpc) is 3.47. The summed E-state index contributed by atoms with van der Waals surface area (Å²) in [5.41, 5.74) is 3.32. The summed E-state index contributed by atoms with van der Waals surface area (Å²) in [7, 11) is 0. The summed E-state index contributed by atoms with van der Waals surface area (Å²) in [5.74, 6) is 0.164. The molecule has 0 fully saturated rings. The first-order valence-corrected chi connectivity index (χ1v) is 10.6. The number of nitrogens with zero attached hydrogens (tertiary/aromatic N) is 1. The third-order valence-electron chi connectivity index (χ3n) is 5.02. The summed E-state index contributed by atoms with van der Waals surface area (Å²) in [6, 6.07) is 26.6. The van der Waals surface area contributed by atoms with E-state index in [2.05, 4.69) is 30.3 Å². The lowest BCUT2D eigenvalue weighted by molar-refractivity contribution is -0.132. The second-order valence-corrected chi connectivity index (χ2v) is 8.07. The van der Waals surface area contributed by atoms with Crippen LogP contribution in [0.25, 0.3) is 0 Å². The van der Waals surface area contributed by atoms with Crippen molar-refractivity contribution in [1.29, 1.82) is 0 Å². The van der Waals surface area contributed by atoms with E-state index in [-0.39, 0.29) is 11.8 Å². The zero-order chi connectivity index (χ0) is 19.9. The maximum absolute atomic E-state index is 13.5. The standard InChI is InChI=1S/C25H23NO2S/c27-25(26(17-20-13-14-28-19-20)18-23-12-7-15-29-23)16-24(21-8-3-1-4-9-21)22-10-5-2-6-11-22/h1-15,19,24H,16-18H2. The van der Waals surface area contributed by atoms with Crippen LogP contribution in [0, 0.1) is 0 Å². The normalized spacial score (nSPS) is 10.9. The van der Waals surface area contributed by atoms with Crippen LogP contribution in [0.4, 0.5) is 0 Å². The van der Waals surface area contributed by atoms with Gasteiger partial charge in [-0.25, -0.2) is 0 Å². The molecule has 2 aromatic carbocycles. The monoisotopic (exact) mass is 401 g/mol. The van der Waals surface area contributed by atoms with E-state index >= 15 is 0 Å². The highest BCUT2D eigenvalue weighted by Crippen LogP contribution is 2.29. The molecule has 4 rings (SSSR count). The molecule has 0 aliphatic carbocycles. The lowest BCUT2D eigenvalue weighted by atomic mass is 9.88. The van der Waals surface area contributed by atoms with Crippen molar-refractivity contribution in [2.75, 3.05) is 0 Å². The van der Waals surface area contributed by atoms with E-state index in [9.17, 15) is 4.79 Å². The third kappa shape index (κ3) is 5.04. The van der Waals surface area contributed by atoms with Gasteiger partial charge in [0.25, 0.3) is 0 Å². The van der Waals surface area contributed by atoms with Gasteiger partial charge in [-0.05, 0) is 28.6 Å². The predicted molar refractivity (Wildman–Crippen MR) is 117 cm³/mol. The summed E-state index contributed by atoms with van der Waals surface area (Å²) in [4.78, 5) is 16.6. The fraction of sp³-hybridized carbons (Fsp3) is 0.160. The molecule has 2 heterocycles. The predicted octanol–water partition coefficient (Wildman–Crippen LogP) is 6.09. The summed E-state index contributed by atoms with van der Waals surface area (Å²) in [6.45, 7) is 1.15. The van der Waals surface area contributed by atoms with Gasteiger partial charge in [0, 0.05) is 29.3 Å². The Morgan fingerprint density at radius 3 is 2.10 bits per heavy atom. The molecule has 0 N–H and O–H groups in total. The second kappa shape index (κ2) is 9.39. The first-order valence-electron chi connectivity index (χ1n) is 9.71. The highest BCUT2D eigenvalue weighted by molar-refractivity contribution is 7.09. The van der Waals surface area contributed by atoms with Crippen LogP contribution >= 0.6 is 11.3 Å². The van der Waals surface area contributed by atoms with E-state index in [0.717, 1.165) is 16.7 Å². The van der Waals surface area contributed by atoms with Gasteiger partial charge < -0.3 is 9.32 Å². The molecule has 0 bridgehead atoms. The third-order valence-corrected chi connectivity index (χ3v) is 5.88. The molecule has 29 heavy (non-hydrogen) atoms. The van der Waals surface area contributed by atoms with E-state index < -0.39 is 0 Å². The van der Waals surface area contributed by atoms with Crippen molar-refractivity contribution >= 4 is 17.2 Å². The maximum Gasteiger partial charge on any atom is 0.224 e. The first-order chi connectivity index (χ1) is 14.3. The number of hydrogen-bond donors (Lipinski definition) is 0. The number of carbonyl (C=O) groups excluding carboxylic acids is 1. The van der Waals surface area contributed by atoms with Gasteiger partial charge in [-0.2, -0.15) is 0 Å². The van der Waals surface area contributed by atoms with Crippen LogP contribution in [-0.4, -0.2) is 10.8 Å². The van der Waals surface area contributed by atoms with Crippen LogP contribution < -0.4 is 0 Å². The van der Waals surface area contributed by atoms with Crippen LogP contribution in [0.15, 0.2) is 101 Å². The Morgan fingerprint density at radius 2 is 1.55 bits per heavy atom. The molecule has 4 aromatic rings. The molecule has 0 aliphatic rings. The minimum Gasteiger partial charge on any atom is -0.472 e. The largest absolute Gasteiger partial charge is 0.472 e. The number of furan rings is 1. The lowest BCUT2D eigenvalue weighted by Crippen LogP contribution is -2.31. The summed E-state index contributed by atoms with van der Waals surface area (Å²) < 4.78 is 5.21. The quantitative estimate of drug-likeness (QED) is 0.358. The van der Waals surface area contributed by atoms with Crippen LogP contribution in [0.3, 0.4) is 0 Å². The molecule has 0 saturated carbocycles. The molecule has 0 saturated heterocycles. The van der Waals surface area contributed by atoms with Crippen molar-refractivity contribution < 1.29 is 9.21 Å². The number of thiophene rings is 1. The fourth-order valence-corrected chi connectivity index (χ4v) is 4.25. The smallest absolute Gasteiger partial charge is 0.224 e. The Hall–Kier alpha value is -3.11. The van der Waals surface area contributed by atoms with Gasteiger partial charge in [-0.15, -0.1) is 11.3 Å². The van der Waals surface area contributed by atoms with Crippen LogP contribution in [0.2, 0.25) is 0 Å². The molecule has 0 aliphatic heterocycles. The minimum atomic E-state index is 0.0279. The zero-order valence-electron chi connectivity index (χ0n) is 16.1. The van der Waals surface area contributed by atoms with Crippen molar-refractivity contribution in [3.8, 4) is 0 Å². The minimum absolute atomic E-state index is 0.0279. The second-order valence-electron chi connectivity index (χ2n) is 7.04. The Labute approximate surface area is 175 Å². The summed E-state index contributed by atoms with van der Waals surface area (Å²) in [6.07, 6.45) is 3.79. The molecular formula is C25H23NO2S. The maximum atomic E-state index is 13.5. The average molecular weight is 402 g/mol. The van der Waals surface area contributed by atoms with E-state index in [1.807, 2.05) is 58.8 Å². The Morgan fingerprint density at radius 1 is 0.862 bits per heavy atom. The van der Waals surface area contributed by atoms with Gasteiger partial charge in [0.05, 0.1) is 19.1 Å². The molecule has 1 amide bonds. The van der Waals surface area contributed by atoms with Crippen molar-refractivity contribution in [2.45, 2.75) is 25.4 Å². The van der Waals surface area contributed by atoms with Crippen LogP contribution in [0.1, 0.15) is 33.9 Å². The molecule has 146 valence electrons. The lowest BCUT2D eigenvalue weighted by Gasteiger charge is -2.25. The van der Waals surface area contributed by atoms with Crippen LogP contribution in [0.5, 0.6) is 0 Å². The Bertz CT molecular complexity index is 920. The van der Waals surface area contributed by atoms with Gasteiger partial charge in [0.2, 0.25) is 5.91 Å². The number of rotatable bonds is 8. The van der Waals surface area contributed by atoms with E-state index in [0.29, 0.717) is 19.5 Å². The van der Waals surface area contributed by atoms with Crippen LogP contribution in [-0.2, 0) is 17.9 Å². The summed E-state index contributed by atoms with van der Waals surface area (Å²) in [5, 5.41) is 2.05. The molecule has 4 heteroatoms. The molecule has 0 unspecified atom stereocenters. The number of benzene rings is 2. The van der Waals surface area contributed by atoms with E-state index in [4.69, 9.17) is 4.42 Å². The van der Waals surface area contributed by atoms with Gasteiger partial charge in [0.15, 0.2) is 0 Å². The molecule has 0 radical (unpaired) electrons. The van der Waals surface area contributed by atoms with E-state index in [1.165, 1.54) is 4.88 Å². The van der Waals surface area contributed by atoms with Crippen molar-refractivity contribution in [3.63, 3.8) is 0 Å². The van der Waals surface area contributed by atoms with Gasteiger partial charge in [0.1, 0.15) is 0 Å². The molecule has 2 aromatic heterocycles. The SMILES string of the molecule is O=C(CC(c1ccccc1)c1ccccc1)N(Cc1ccoc1)Cc1cccs1. The molecule has 0 atom stereocenters. The highest BCUT2D eigenvalue weighted by Gasteiger charge is 2.23. The first kappa shape index (κ1) is 19.2. The molecular weight excluding hydrogens is 378 g/mol. The van der Waals surface area contributed by atoms with Crippen molar-refractivity contribution in [1.82, 2.24) is 4.90 Å².